The summed E-state index contributed by atoms with van der Waals surface area (Å²) >= 11 is 0. The molecule has 0 radical (unpaired) electrons. The van der Waals surface area contributed by atoms with Gasteiger partial charge >= 0.3 is 20.8 Å². The molecule has 85 heavy (non-hydrogen) atoms. The van der Waals surface area contributed by atoms with Crippen LogP contribution in [0.15, 0.2) is 49.1 Å². The van der Waals surface area contributed by atoms with Gasteiger partial charge in [-0.3, -0.25) is 9.11 Å². The first-order valence-corrected chi connectivity index (χ1v) is 33.0. The number of hydrogen-bond acceptors (Lipinski definition) is 23. The molecule has 30 atom stereocenters. The summed E-state index contributed by atoms with van der Waals surface area (Å²) in [5, 5.41) is 43.6. The van der Waals surface area contributed by atoms with Crippen molar-refractivity contribution >= 4 is 20.8 Å². The van der Waals surface area contributed by atoms with Crippen molar-refractivity contribution in [2.75, 3.05) is 13.2 Å². The van der Waals surface area contributed by atoms with Crippen molar-refractivity contribution in [3.8, 4) is 0 Å². The van der Waals surface area contributed by atoms with Gasteiger partial charge in [0.15, 0.2) is 6.29 Å². The maximum absolute atomic E-state index is 12.0. The van der Waals surface area contributed by atoms with Gasteiger partial charge in [0.2, 0.25) is 0 Å². The molecule has 0 bridgehead atoms. The van der Waals surface area contributed by atoms with Gasteiger partial charge in [-0.2, -0.15) is 16.8 Å². The van der Waals surface area contributed by atoms with E-state index in [1.54, 1.807) is 18.2 Å². The average molecular weight is 1250 g/mol. The first-order valence-electron chi connectivity index (χ1n) is 30.2. The maximum Gasteiger partial charge on any atom is 0.397 e. The van der Waals surface area contributed by atoms with E-state index in [0.717, 1.165) is 5.57 Å². The molecule has 0 spiro atoms. The van der Waals surface area contributed by atoms with E-state index in [4.69, 9.17) is 65.8 Å². The summed E-state index contributed by atoms with van der Waals surface area (Å²) in [5.74, 6) is -0.119. The van der Waals surface area contributed by atoms with Gasteiger partial charge in [0, 0.05) is 51.4 Å². The van der Waals surface area contributed by atoms with Crippen LogP contribution in [0.25, 0.3) is 0 Å². The number of allylic oxidation sites excluding steroid dienone is 3. The standard InChI is InChI=1S/C58H86O25S2/c1-9-10-27(2)11-12-30(60)50-28(3)17-39-38(76-50)23-47-58(8,81-39)53(79-54-49(62)48(61)43(26-59)77-54)52-42(75-47)21-41-51(78-52)29(4)25-57(7)45(74-41)24-44-56(6,83-57)14-13-31-32(73-44)18-34-33(70-31)19-35-36(71-34)20-40-37(72-35)22-46(82-85(66,67)68)55(5,80-40)15-16-69-84(63,64)65/h9,11-12,29-54,59-62H,1-3,10,13-26H2,4-8H3,(H,63,64,65)(H,66,67,68)/b12-11+/t29-,30+,31-,32+,33+,34-,35-,36+,37+,38+,39-,40-,41-,42+,43-,44-,45+,46-,47-,48-,49+,50-,51+,52+,53+,54+,55+,56+,57-,58-/m0/s1. The fourth-order valence-corrected chi connectivity index (χ4v) is 17.3. The molecule has 0 amide bonds. The van der Waals surface area contributed by atoms with Crippen LogP contribution in [0.5, 0.6) is 0 Å². The molecule has 0 aromatic heterocycles. The Kier molecular flexibility index (Phi) is 17.5. The molecular weight excluding hydrogens is 1160 g/mol. The van der Waals surface area contributed by atoms with E-state index in [0.29, 0.717) is 76.2 Å². The molecule has 0 aliphatic carbocycles. The highest BCUT2D eigenvalue weighted by Gasteiger charge is 2.67. The van der Waals surface area contributed by atoms with Crippen LogP contribution in [0.4, 0.5) is 0 Å². The van der Waals surface area contributed by atoms with E-state index in [-0.39, 0.29) is 43.2 Å². The molecule has 0 aromatic rings. The molecule has 12 aliphatic heterocycles. The topological polar surface area (TPSA) is 328 Å². The third-order valence-electron chi connectivity index (χ3n) is 20.7. The summed E-state index contributed by atoms with van der Waals surface area (Å²) < 4.78 is 165. The Labute approximate surface area is 496 Å². The molecule has 27 heteroatoms. The summed E-state index contributed by atoms with van der Waals surface area (Å²) in [5.41, 5.74) is -2.80. The highest BCUT2D eigenvalue weighted by molar-refractivity contribution is 7.81. The predicted octanol–water partition coefficient (Wildman–Crippen LogP) is 2.74. The van der Waals surface area contributed by atoms with E-state index in [1.165, 1.54) is 6.92 Å². The lowest BCUT2D eigenvalue weighted by molar-refractivity contribution is -0.381. The van der Waals surface area contributed by atoms with Gasteiger partial charge in [-0.05, 0) is 71.3 Å². The predicted molar refractivity (Wildman–Crippen MR) is 293 cm³/mol. The Balaban J connectivity index is 0.738. The average Bonchev–Trinajstić information content (AvgIpc) is 1.94. The second-order valence-corrected chi connectivity index (χ2v) is 29.0. The Bertz CT molecular complexity index is 2750. The zero-order valence-corrected chi connectivity index (χ0v) is 50.4. The van der Waals surface area contributed by atoms with Crippen LogP contribution in [0.3, 0.4) is 0 Å². The van der Waals surface area contributed by atoms with Crippen LogP contribution in [0, 0.1) is 5.92 Å². The van der Waals surface area contributed by atoms with Gasteiger partial charge in [0.25, 0.3) is 0 Å². The lowest BCUT2D eigenvalue weighted by atomic mass is 9.74. The van der Waals surface area contributed by atoms with Crippen molar-refractivity contribution in [1.82, 2.24) is 0 Å². The SMILES string of the molecule is C=CCC(=C)/C=C/[C@@H](O)[C@H]1O[C@@H]2C[C@@H]3O[C@@H]4C[C@@H]5O[C@@H]6C[C@@H]7O[C@@H]8C[C@@H]9O[C@@H]%10C[C@@H]%11O[C@](C)(CCOS(=O)(=O)O)[C@@H](OS(=O)(=O)O)C[C@H]%11O[C@H]%10C[C@H]9O[C@H]8CC[C@@]7(C)O[C@@]6(C)C[C@H](C)[C@H]5O[C@H]4[C@@H](O[C@H]4O[C@@H](CO)[C@H](O)[C@H]4O)[C@@]3(C)O[C@H]2CC1=C. The highest BCUT2D eigenvalue weighted by atomic mass is 32.3. The first kappa shape index (κ1) is 63.2. The van der Waals surface area contributed by atoms with Gasteiger partial charge in [0.1, 0.15) is 54.4 Å². The number of aliphatic hydroxyl groups is 4. The summed E-state index contributed by atoms with van der Waals surface area (Å²) in [4.78, 5) is 0. The number of hydrogen-bond donors (Lipinski definition) is 6. The van der Waals surface area contributed by atoms with Crippen molar-refractivity contribution in [2.45, 2.75) is 293 Å². The third kappa shape index (κ3) is 12.4. The van der Waals surface area contributed by atoms with Gasteiger partial charge < -0.3 is 82.0 Å². The smallest absolute Gasteiger partial charge is 0.394 e. The highest BCUT2D eigenvalue weighted by Crippen LogP contribution is 2.55. The largest absolute Gasteiger partial charge is 0.397 e. The van der Waals surface area contributed by atoms with E-state index < -0.39 is 185 Å². The fourth-order valence-electron chi connectivity index (χ4n) is 16.4. The Morgan fingerprint density at radius 3 is 1.99 bits per heavy atom. The number of rotatable bonds is 14. The van der Waals surface area contributed by atoms with Crippen molar-refractivity contribution in [1.29, 1.82) is 0 Å². The van der Waals surface area contributed by atoms with Crippen LogP contribution in [0.1, 0.15) is 118 Å². The lowest BCUT2D eigenvalue weighted by Gasteiger charge is -2.60. The minimum atomic E-state index is -4.97. The summed E-state index contributed by atoms with van der Waals surface area (Å²) in [6.07, 6.45) is -7.40. The molecule has 12 saturated heterocycles. The van der Waals surface area contributed by atoms with Crippen molar-refractivity contribution in [2.24, 2.45) is 5.92 Å². The second kappa shape index (κ2) is 23.6. The van der Waals surface area contributed by atoms with E-state index in [2.05, 4.69) is 44.7 Å². The van der Waals surface area contributed by atoms with Crippen molar-refractivity contribution < 1.29 is 116 Å². The molecule has 12 heterocycles. The minimum absolute atomic E-state index is 0.0171. The van der Waals surface area contributed by atoms with E-state index in [1.807, 2.05) is 6.92 Å². The molecule has 12 aliphatic rings. The van der Waals surface area contributed by atoms with E-state index in [9.17, 15) is 46.4 Å². The number of aliphatic hydroxyl groups excluding tert-OH is 4. The lowest BCUT2D eigenvalue weighted by Crippen LogP contribution is -2.74. The maximum atomic E-state index is 12.0. The minimum Gasteiger partial charge on any atom is -0.394 e. The Morgan fingerprint density at radius 2 is 1.32 bits per heavy atom. The summed E-state index contributed by atoms with van der Waals surface area (Å²) in [6.45, 7) is 20.8. The number of fused-ring (bicyclic) bond motifs is 10. The Morgan fingerprint density at radius 1 is 0.706 bits per heavy atom. The molecule has 0 unspecified atom stereocenters. The quantitative estimate of drug-likeness (QED) is 0.0827. The summed E-state index contributed by atoms with van der Waals surface area (Å²) in [7, 11) is -9.78. The Hall–Kier alpha value is -1.98. The van der Waals surface area contributed by atoms with Crippen LogP contribution < -0.4 is 0 Å². The molecule has 25 nitrogen and oxygen atoms in total. The van der Waals surface area contributed by atoms with Crippen LogP contribution in [0.2, 0.25) is 0 Å². The van der Waals surface area contributed by atoms with Crippen molar-refractivity contribution in [3.05, 3.63) is 49.1 Å². The van der Waals surface area contributed by atoms with Crippen molar-refractivity contribution in [3.63, 3.8) is 0 Å². The van der Waals surface area contributed by atoms with E-state index >= 15 is 0 Å². The second-order valence-electron chi connectivity index (χ2n) is 26.8. The number of ether oxygens (including phenoxy) is 13. The normalized spacial score (nSPS) is 51.7. The molecular formula is C58H86O25S2. The molecule has 480 valence electrons. The van der Waals surface area contributed by atoms with Gasteiger partial charge in [-0.15, -0.1) is 6.58 Å². The molecule has 12 rings (SSSR count). The van der Waals surface area contributed by atoms with Crippen LogP contribution in [-0.2, 0) is 90.7 Å². The van der Waals surface area contributed by atoms with Gasteiger partial charge in [-0.1, -0.05) is 43.9 Å². The van der Waals surface area contributed by atoms with Crippen LogP contribution >= 0.6 is 0 Å². The zero-order valence-electron chi connectivity index (χ0n) is 48.7. The third-order valence-corrected chi connectivity index (χ3v) is 21.6. The molecule has 0 aromatic carbocycles. The molecule has 0 saturated carbocycles. The van der Waals surface area contributed by atoms with Gasteiger partial charge in [0.05, 0.1) is 128 Å². The van der Waals surface area contributed by atoms with Crippen LogP contribution in [-0.4, -0.2) is 235 Å². The fraction of sp³-hybridized carbons (Fsp3) is 0.862. The molecule has 6 N–H and O–H groups in total. The van der Waals surface area contributed by atoms with Gasteiger partial charge in [-0.25, -0.2) is 8.37 Å². The zero-order chi connectivity index (χ0) is 60.5. The monoisotopic (exact) mass is 1250 g/mol. The summed E-state index contributed by atoms with van der Waals surface area (Å²) in [6, 6.07) is 0. The molecule has 12 fully saturated rings. The first-order chi connectivity index (χ1) is 40.0.